The molecule has 0 aliphatic carbocycles. The molecule has 23 heavy (non-hydrogen) atoms. The molecule has 1 aromatic heterocycles. The normalized spacial score (nSPS) is 16.1. The van der Waals surface area contributed by atoms with E-state index < -0.39 is 0 Å². The van der Waals surface area contributed by atoms with Crippen LogP contribution in [0.15, 0.2) is 41.3 Å². The fourth-order valence-electron chi connectivity index (χ4n) is 2.64. The van der Waals surface area contributed by atoms with Gasteiger partial charge in [-0.3, -0.25) is 9.59 Å². The maximum atomic E-state index is 12.1. The fourth-order valence-corrected chi connectivity index (χ4v) is 2.64. The topological polar surface area (TPSA) is 80.4 Å². The van der Waals surface area contributed by atoms with E-state index in [0.717, 1.165) is 23.5 Å². The molecule has 0 saturated carbocycles. The number of rotatable bonds is 4. The lowest BCUT2D eigenvalue weighted by molar-refractivity contribution is 0.0938. The summed E-state index contributed by atoms with van der Waals surface area (Å²) in [6.07, 6.45) is 2.23. The highest BCUT2D eigenvalue weighted by Gasteiger charge is 2.23. The van der Waals surface area contributed by atoms with E-state index in [4.69, 9.17) is 9.47 Å². The van der Waals surface area contributed by atoms with Crippen molar-refractivity contribution in [1.82, 2.24) is 10.3 Å². The number of hydrogen-bond acceptors (Lipinski definition) is 4. The first-order chi connectivity index (χ1) is 11.2. The van der Waals surface area contributed by atoms with Gasteiger partial charge in [0.2, 0.25) is 5.56 Å². The number of methoxy groups -OCH3 is 1. The van der Waals surface area contributed by atoms with Gasteiger partial charge < -0.3 is 19.8 Å². The molecule has 6 nitrogen and oxygen atoms in total. The first kappa shape index (κ1) is 15.1. The number of ether oxygens (including phenoxy) is 2. The quantitative estimate of drug-likeness (QED) is 0.893. The van der Waals surface area contributed by atoms with Crippen molar-refractivity contribution in [2.75, 3.05) is 20.3 Å². The van der Waals surface area contributed by atoms with Crippen LogP contribution in [-0.2, 0) is 6.42 Å². The summed E-state index contributed by atoms with van der Waals surface area (Å²) in [7, 11) is 1.62. The van der Waals surface area contributed by atoms with Crippen LogP contribution < -0.4 is 20.3 Å². The van der Waals surface area contributed by atoms with E-state index in [9.17, 15) is 9.59 Å². The summed E-state index contributed by atoms with van der Waals surface area (Å²) in [5.41, 5.74) is 1.29. The molecule has 3 rings (SSSR count). The van der Waals surface area contributed by atoms with Crippen LogP contribution >= 0.6 is 0 Å². The molecule has 1 aliphatic rings. The summed E-state index contributed by atoms with van der Waals surface area (Å²) in [6.45, 7) is 1.04. The molecular weight excluding hydrogens is 296 g/mol. The average molecular weight is 314 g/mol. The monoisotopic (exact) mass is 314 g/mol. The van der Waals surface area contributed by atoms with E-state index in [-0.39, 0.29) is 17.4 Å². The van der Waals surface area contributed by atoms with Gasteiger partial charge in [-0.2, -0.15) is 0 Å². The van der Waals surface area contributed by atoms with Gasteiger partial charge in [0.05, 0.1) is 19.3 Å². The number of hydrogen-bond donors (Lipinski definition) is 2. The largest absolute Gasteiger partial charge is 0.493 e. The summed E-state index contributed by atoms with van der Waals surface area (Å²) >= 11 is 0. The molecule has 0 bridgehead atoms. The molecule has 0 radical (unpaired) electrons. The predicted molar refractivity (Wildman–Crippen MR) is 85.1 cm³/mol. The van der Waals surface area contributed by atoms with Gasteiger partial charge in [0.1, 0.15) is 0 Å². The Hall–Kier alpha value is -2.76. The van der Waals surface area contributed by atoms with Crippen LogP contribution in [-0.4, -0.2) is 31.2 Å². The number of benzene rings is 1. The lowest BCUT2D eigenvalue weighted by Crippen LogP contribution is -2.35. The molecule has 0 unspecified atom stereocenters. The van der Waals surface area contributed by atoms with Crippen molar-refractivity contribution < 1.29 is 14.3 Å². The van der Waals surface area contributed by atoms with E-state index in [0.29, 0.717) is 18.7 Å². The second-order valence-corrected chi connectivity index (χ2v) is 5.48. The minimum atomic E-state index is -0.229. The van der Waals surface area contributed by atoms with Crippen LogP contribution in [0.3, 0.4) is 0 Å². The van der Waals surface area contributed by atoms with Gasteiger partial charge in [-0.05, 0) is 24.1 Å². The number of carbonyl (C=O) groups excluding carboxylic acids is 1. The van der Waals surface area contributed by atoms with Gasteiger partial charge in [0.25, 0.3) is 5.91 Å². The molecule has 2 N–H and O–H groups in total. The third kappa shape index (κ3) is 3.36. The number of pyridine rings is 1. The van der Waals surface area contributed by atoms with E-state index >= 15 is 0 Å². The molecule has 1 aromatic carbocycles. The lowest BCUT2D eigenvalue weighted by atomic mass is 9.96. The molecule has 2 heterocycles. The zero-order valence-corrected chi connectivity index (χ0v) is 12.8. The minimum absolute atomic E-state index is 0.196. The average Bonchev–Trinajstić information content (AvgIpc) is 2.59. The van der Waals surface area contributed by atoms with Crippen molar-refractivity contribution in [3.63, 3.8) is 0 Å². The summed E-state index contributed by atoms with van der Waals surface area (Å²) in [6, 6.07) is 8.65. The summed E-state index contributed by atoms with van der Waals surface area (Å²) < 4.78 is 11.1. The Morgan fingerprint density at radius 3 is 3.00 bits per heavy atom. The number of fused-ring (bicyclic) bond motifs is 1. The second-order valence-electron chi connectivity index (χ2n) is 5.48. The van der Waals surface area contributed by atoms with Gasteiger partial charge >= 0.3 is 0 Å². The molecular formula is C17H18N2O4. The van der Waals surface area contributed by atoms with Crippen molar-refractivity contribution in [1.29, 1.82) is 0 Å². The van der Waals surface area contributed by atoms with Crippen molar-refractivity contribution in [3.05, 3.63) is 58.0 Å². The van der Waals surface area contributed by atoms with Crippen LogP contribution in [0.2, 0.25) is 0 Å². The van der Waals surface area contributed by atoms with Crippen molar-refractivity contribution in [2.24, 2.45) is 5.92 Å². The Morgan fingerprint density at radius 2 is 2.26 bits per heavy atom. The fraction of sp³-hybridized carbons (Fsp3) is 0.294. The first-order valence-corrected chi connectivity index (χ1v) is 7.43. The van der Waals surface area contributed by atoms with Crippen molar-refractivity contribution >= 4 is 5.91 Å². The van der Waals surface area contributed by atoms with Crippen molar-refractivity contribution in [3.8, 4) is 11.5 Å². The highest BCUT2D eigenvalue weighted by molar-refractivity contribution is 5.93. The lowest BCUT2D eigenvalue weighted by Gasteiger charge is -2.26. The Balaban J connectivity index is 1.60. The third-order valence-corrected chi connectivity index (χ3v) is 3.85. The van der Waals surface area contributed by atoms with E-state index in [2.05, 4.69) is 10.3 Å². The Bertz CT molecular complexity index is 749. The first-order valence-electron chi connectivity index (χ1n) is 7.43. The van der Waals surface area contributed by atoms with Gasteiger partial charge in [-0.25, -0.2) is 0 Å². The van der Waals surface area contributed by atoms with E-state index in [1.807, 2.05) is 18.2 Å². The maximum absolute atomic E-state index is 12.1. The van der Waals surface area contributed by atoms with Gasteiger partial charge in [0, 0.05) is 24.7 Å². The minimum Gasteiger partial charge on any atom is -0.493 e. The SMILES string of the molecule is COc1cccc2c1OC[C@H](CNC(=O)c1ccc(=O)[nH]c1)C2. The molecule has 1 amide bonds. The highest BCUT2D eigenvalue weighted by Crippen LogP contribution is 2.35. The molecule has 0 fully saturated rings. The Kier molecular flexibility index (Phi) is 4.32. The third-order valence-electron chi connectivity index (χ3n) is 3.85. The summed E-state index contributed by atoms with van der Waals surface area (Å²) in [4.78, 5) is 25.5. The van der Waals surface area contributed by atoms with E-state index in [1.54, 1.807) is 7.11 Å². The van der Waals surface area contributed by atoms with E-state index in [1.165, 1.54) is 18.3 Å². The number of aromatic amines is 1. The van der Waals surface area contributed by atoms with Crippen LogP contribution in [0.5, 0.6) is 11.5 Å². The standard InChI is InChI=1S/C17H18N2O4/c1-22-14-4-2-3-12-7-11(10-23-16(12)14)8-19-17(21)13-5-6-15(20)18-9-13/h2-6,9,11H,7-8,10H2,1H3,(H,18,20)(H,19,21)/t11-/m0/s1. The molecule has 0 spiro atoms. The van der Waals surface area contributed by atoms with Gasteiger partial charge in [-0.15, -0.1) is 0 Å². The highest BCUT2D eigenvalue weighted by atomic mass is 16.5. The zero-order chi connectivity index (χ0) is 16.2. The molecule has 2 aromatic rings. The Morgan fingerprint density at radius 1 is 1.39 bits per heavy atom. The molecule has 1 atom stereocenters. The zero-order valence-electron chi connectivity index (χ0n) is 12.8. The predicted octanol–water partition coefficient (Wildman–Crippen LogP) is 1.36. The summed E-state index contributed by atoms with van der Waals surface area (Å²) in [5.74, 6) is 1.51. The number of aromatic nitrogens is 1. The Labute approximate surface area is 133 Å². The number of amides is 1. The van der Waals surface area contributed by atoms with Crippen LogP contribution in [0, 0.1) is 5.92 Å². The second kappa shape index (κ2) is 6.56. The number of para-hydroxylation sites is 1. The van der Waals surface area contributed by atoms with Crippen LogP contribution in [0.1, 0.15) is 15.9 Å². The van der Waals surface area contributed by atoms with Crippen LogP contribution in [0.25, 0.3) is 0 Å². The molecule has 120 valence electrons. The molecule has 1 aliphatic heterocycles. The number of nitrogens with one attached hydrogen (secondary N) is 2. The summed E-state index contributed by atoms with van der Waals surface area (Å²) in [5, 5.41) is 2.88. The smallest absolute Gasteiger partial charge is 0.252 e. The number of carbonyl (C=O) groups is 1. The number of H-pyrrole nitrogens is 1. The van der Waals surface area contributed by atoms with Crippen LogP contribution in [0.4, 0.5) is 0 Å². The molecule has 6 heteroatoms. The molecule has 0 saturated heterocycles. The maximum Gasteiger partial charge on any atom is 0.252 e. The van der Waals surface area contributed by atoms with Gasteiger partial charge in [0.15, 0.2) is 11.5 Å². The van der Waals surface area contributed by atoms with Gasteiger partial charge in [-0.1, -0.05) is 12.1 Å². The van der Waals surface area contributed by atoms with Crippen molar-refractivity contribution in [2.45, 2.75) is 6.42 Å².